The molecular weight excluding hydrogens is 223 g/mol. The normalized spacial score (nSPS) is 11.5. The molecule has 0 aliphatic heterocycles. The lowest BCUT2D eigenvalue weighted by Crippen LogP contribution is -2.27. The van der Waals surface area contributed by atoms with Gasteiger partial charge in [0.05, 0.1) is 15.6 Å². The van der Waals surface area contributed by atoms with E-state index in [1.165, 1.54) is 0 Å². The van der Waals surface area contributed by atoms with Crippen molar-refractivity contribution in [1.29, 1.82) is 0 Å². The Morgan fingerprint density at radius 2 is 1.93 bits per heavy atom. The molecule has 1 N–H and O–H groups in total. The molecule has 4 heteroatoms. The highest BCUT2D eigenvalue weighted by atomic mass is 35.5. The SMILES string of the molecule is CC(C)(O)COc1ccc(Cl)c(Cl)c1. The van der Waals surface area contributed by atoms with Crippen LogP contribution in [-0.2, 0) is 0 Å². The van der Waals surface area contributed by atoms with E-state index in [1.807, 2.05) is 0 Å². The van der Waals surface area contributed by atoms with Gasteiger partial charge in [0.25, 0.3) is 0 Å². The van der Waals surface area contributed by atoms with Gasteiger partial charge in [0, 0.05) is 6.07 Å². The molecule has 0 atom stereocenters. The number of hydrogen-bond acceptors (Lipinski definition) is 2. The van der Waals surface area contributed by atoms with E-state index in [2.05, 4.69) is 0 Å². The zero-order chi connectivity index (χ0) is 10.8. The van der Waals surface area contributed by atoms with Gasteiger partial charge >= 0.3 is 0 Å². The van der Waals surface area contributed by atoms with Crippen LogP contribution in [0.2, 0.25) is 10.0 Å². The molecule has 0 heterocycles. The van der Waals surface area contributed by atoms with Gasteiger partial charge in [-0.3, -0.25) is 0 Å². The molecule has 0 aliphatic carbocycles. The maximum Gasteiger partial charge on any atom is 0.121 e. The van der Waals surface area contributed by atoms with E-state index in [4.69, 9.17) is 27.9 Å². The maximum atomic E-state index is 9.42. The van der Waals surface area contributed by atoms with Gasteiger partial charge in [-0.15, -0.1) is 0 Å². The fourth-order valence-electron chi connectivity index (χ4n) is 0.827. The predicted molar refractivity (Wildman–Crippen MR) is 58.3 cm³/mol. The standard InChI is InChI=1S/C10H12Cl2O2/c1-10(2,13)6-14-7-3-4-8(11)9(12)5-7/h3-5,13H,6H2,1-2H3. The van der Waals surface area contributed by atoms with Crippen molar-refractivity contribution in [2.24, 2.45) is 0 Å². The molecule has 0 amide bonds. The molecule has 0 aliphatic rings. The summed E-state index contributed by atoms with van der Waals surface area (Å²) in [5.74, 6) is 0.599. The zero-order valence-corrected chi connectivity index (χ0v) is 9.56. The van der Waals surface area contributed by atoms with Crippen LogP contribution in [0.3, 0.4) is 0 Å². The van der Waals surface area contributed by atoms with Crippen LogP contribution in [0.25, 0.3) is 0 Å². The van der Waals surface area contributed by atoms with Gasteiger partial charge in [-0.1, -0.05) is 23.2 Å². The minimum atomic E-state index is -0.855. The average Bonchev–Trinajstić information content (AvgIpc) is 2.06. The number of ether oxygens (including phenoxy) is 1. The Kier molecular flexibility index (Phi) is 3.65. The Hall–Kier alpha value is -0.440. The van der Waals surface area contributed by atoms with Gasteiger partial charge in [-0.05, 0) is 26.0 Å². The zero-order valence-electron chi connectivity index (χ0n) is 8.05. The predicted octanol–water partition coefficient (Wildman–Crippen LogP) is 3.14. The van der Waals surface area contributed by atoms with Crippen molar-refractivity contribution >= 4 is 23.2 Å². The Balaban J connectivity index is 2.65. The van der Waals surface area contributed by atoms with Crippen LogP contribution in [0.5, 0.6) is 5.75 Å². The number of aliphatic hydroxyl groups is 1. The third kappa shape index (κ3) is 3.74. The Labute approximate surface area is 93.4 Å². The Morgan fingerprint density at radius 1 is 1.29 bits per heavy atom. The molecule has 1 aromatic rings. The molecule has 2 nitrogen and oxygen atoms in total. The van der Waals surface area contributed by atoms with Crippen LogP contribution in [0.4, 0.5) is 0 Å². The highest BCUT2D eigenvalue weighted by Gasteiger charge is 2.13. The average molecular weight is 235 g/mol. The summed E-state index contributed by atoms with van der Waals surface area (Å²) in [6, 6.07) is 4.99. The molecule has 14 heavy (non-hydrogen) atoms. The highest BCUT2D eigenvalue weighted by molar-refractivity contribution is 6.42. The second-order valence-electron chi connectivity index (χ2n) is 3.68. The third-order valence-corrected chi connectivity index (χ3v) is 2.22. The van der Waals surface area contributed by atoms with Crippen LogP contribution in [0.15, 0.2) is 18.2 Å². The van der Waals surface area contributed by atoms with E-state index in [9.17, 15) is 5.11 Å². The minimum absolute atomic E-state index is 0.213. The summed E-state index contributed by atoms with van der Waals surface area (Å²) in [6.07, 6.45) is 0. The van der Waals surface area contributed by atoms with Gasteiger partial charge in [-0.2, -0.15) is 0 Å². The second-order valence-corrected chi connectivity index (χ2v) is 4.49. The van der Waals surface area contributed by atoms with Gasteiger partial charge in [-0.25, -0.2) is 0 Å². The van der Waals surface area contributed by atoms with E-state index in [0.29, 0.717) is 15.8 Å². The first-order chi connectivity index (χ1) is 6.38. The van der Waals surface area contributed by atoms with Gasteiger partial charge in [0.1, 0.15) is 12.4 Å². The van der Waals surface area contributed by atoms with Crippen molar-refractivity contribution in [2.75, 3.05) is 6.61 Å². The number of hydrogen-bond donors (Lipinski definition) is 1. The monoisotopic (exact) mass is 234 g/mol. The Bertz CT molecular complexity index is 318. The summed E-state index contributed by atoms with van der Waals surface area (Å²) in [5, 5.41) is 10.4. The van der Waals surface area contributed by atoms with Gasteiger partial charge in [0.2, 0.25) is 0 Å². The lowest BCUT2D eigenvalue weighted by atomic mass is 10.2. The summed E-state index contributed by atoms with van der Waals surface area (Å²) < 4.78 is 5.31. The molecule has 0 aromatic heterocycles. The van der Waals surface area contributed by atoms with Gasteiger partial charge < -0.3 is 9.84 Å². The van der Waals surface area contributed by atoms with Crippen molar-refractivity contribution in [2.45, 2.75) is 19.4 Å². The molecule has 0 saturated carbocycles. The van der Waals surface area contributed by atoms with Crippen molar-refractivity contribution < 1.29 is 9.84 Å². The maximum absolute atomic E-state index is 9.42. The molecule has 0 radical (unpaired) electrons. The van der Waals surface area contributed by atoms with Crippen LogP contribution >= 0.6 is 23.2 Å². The molecule has 0 unspecified atom stereocenters. The second kappa shape index (κ2) is 4.39. The summed E-state index contributed by atoms with van der Waals surface area (Å²) in [4.78, 5) is 0. The van der Waals surface area contributed by atoms with E-state index >= 15 is 0 Å². The van der Waals surface area contributed by atoms with Crippen molar-refractivity contribution in [3.8, 4) is 5.75 Å². The molecule has 0 saturated heterocycles. The summed E-state index contributed by atoms with van der Waals surface area (Å²) in [6.45, 7) is 3.56. The number of rotatable bonds is 3. The van der Waals surface area contributed by atoms with Gasteiger partial charge in [0.15, 0.2) is 0 Å². The first-order valence-electron chi connectivity index (χ1n) is 4.19. The smallest absolute Gasteiger partial charge is 0.121 e. The lowest BCUT2D eigenvalue weighted by Gasteiger charge is -2.17. The van der Waals surface area contributed by atoms with Crippen LogP contribution in [0.1, 0.15) is 13.8 Å². The quantitative estimate of drug-likeness (QED) is 0.871. The van der Waals surface area contributed by atoms with Crippen LogP contribution < -0.4 is 4.74 Å². The first kappa shape index (κ1) is 11.6. The molecule has 1 rings (SSSR count). The van der Waals surface area contributed by atoms with E-state index < -0.39 is 5.60 Å². The topological polar surface area (TPSA) is 29.5 Å². The third-order valence-electron chi connectivity index (χ3n) is 1.48. The summed E-state index contributed by atoms with van der Waals surface area (Å²) in [5.41, 5.74) is -0.855. The number of benzene rings is 1. The van der Waals surface area contributed by atoms with E-state index in [0.717, 1.165) is 0 Å². The van der Waals surface area contributed by atoms with Crippen molar-refractivity contribution in [1.82, 2.24) is 0 Å². The first-order valence-corrected chi connectivity index (χ1v) is 4.94. The molecule has 0 bridgehead atoms. The van der Waals surface area contributed by atoms with Crippen molar-refractivity contribution in [3.05, 3.63) is 28.2 Å². The van der Waals surface area contributed by atoms with Crippen LogP contribution in [-0.4, -0.2) is 17.3 Å². The minimum Gasteiger partial charge on any atom is -0.491 e. The molecule has 0 spiro atoms. The fourth-order valence-corrected chi connectivity index (χ4v) is 1.11. The molecular formula is C10H12Cl2O2. The summed E-state index contributed by atoms with van der Waals surface area (Å²) in [7, 11) is 0. The molecule has 0 fully saturated rings. The number of halogens is 2. The van der Waals surface area contributed by atoms with E-state index in [1.54, 1.807) is 32.0 Å². The molecule has 1 aromatic carbocycles. The fraction of sp³-hybridized carbons (Fsp3) is 0.400. The lowest BCUT2D eigenvalue weighted by molar-refractivity contribution is 0.0285. The van der Waals surface area contributed by atoms with E-state index in [-0.39, 0.29) is 6.61 Å². The largest absolute Gasteiger partial charge is 0.491 e. The van der Waals surface area contributed by atoms with Crippen molar-refractivity contribution in [3.63, 3.8) is 0 Å². The Morgan fingerprint density at radius 3 is 2.43 bits per heavy atom. The highest BCUT2D eigenvalue weighted by Crippen LogP contribution is 2.26. The van der Waals surface area contributed by atoms with Crippen LogP contribution in [0, 0.1) is 0 Å². The summed E-state index contributed by atoms with van der Waals surface area (Å²) >= 11 is 11.5. The molecule has 78 valence electrons.